The normalized spacial score (nSPS) is 8.50. The third-order valence-electron chi connectivity index (χ3n) is 0.357. The number of hydrogen-bond donors (Lipinski definition) is 2. The fraction of sp³-hybridized carbons (Fsp3) is 0.333. The van der Waals surface area contributed by atoms with E-state index in [1.54, 1.807) is 0 Å². The Kier molecular flexibility index (Phi) is 3.02. The quantitative estimate of drug-likeness (QED) is 0.522. The Balaban J connectivity index is 3.18. The number of carbonyl (C=O) groups excluding carboxylic acids is 2. The van der Waals surface area contributed by atoms with E-state index in [-0.39, 0.29) is 5.75 Å². The molecule has 0 rings (SSSR count). The van der Waals surface area contributed by atoms with Gasteiger partial charge in [0.2, 0.25) is 5.91 Å². The summed E-state index contributed by atoms with van der Waals surface area (Å²) in [6.07, 6.45) is 0. The summed E-state index contributed by atoms with van der Waals surface area (Å²) in [6, 6.07) is 0. The molecule has 0 radical (unpaired) electrons. The minimum atomic E-state index is -0.580. The average Bonchev–Trinajstić information content (AvgIpc) is 1.61. The van der Waals surface area contributed by atoms with Crippen molar-refractivity contribution in [1.82, 2.24) is 0 Å². The highest BCUT2D eigenvalue weighted by molar-refractivity contribution is 8.14. The zero-order valence-electron chi connectivity index (χ0n) is 4.09. The maximum absolute atomic E-state index is 9.90. The molecule has 0 aliphatic heterocycles. The highest BCUT2D eigenvalue weighted by atomic mass is 32.2. The molecule has 0 atom stereocenters. The Morgan fingerprint density at radius 2 is 1.88 bits per heavy atom. The Bertz CT molecular complexity index is 99.9. The van der Waals surface area contributed by atoms with E-state index in [1.807, 2.05) is 0 Å². The zero-order valence-corrected chi connectivity index (χ0v) is 4.90. The van der Waals surface area contributed by atoms with Crippen molar-refractivity contribution in [1.29, 1.82) is 0 Å². The zero-order chi connectivity index (χ0) is 6.57. The molecule has 46 valence electrons. The van der Waals surface area contributed by atoms with E-state index in [4.69, 9.17) is 0 Å². The van der Waals surface area contributed by atoms with Gasteiger partial charge in [0.05, 0.1) is 5.75 Å². The lowest BCUT2D eigenvalue weighted by molar-refractivity contribution is -0.115. The van der Waals surface area contributed by atoms with Crippen LogP contribution in [0.25, 0.3) is 0 Å². The second kappa shape index (κ2) is 3.31. The van der Waals surface area contributed by atoms with Gasteiger partial charge in [-0.05, 0) is 0 Å². The monoisotopic (exact) mass is 134 g/mol. The number of amides is 2. The topological polar surface area (TPSA) is 86.2 Å². The van der Waals surface area contributed by atoms with Crippen molar-refractivity contribution in [2.24, 2.45) is 11.5 Å². The van der Waals surface area contributed by atoms with Crippen LogP contribution in [0.3, 0.4) is 0 Å². The molecular formula is C3H6N2O2S. The first-order valence-electron chi connectivity index (χ1n) is 1.83. The first-order chi connectivity index (χ1) is 3.63. The molecule has 0 aromatic carbocycles. The standard InChI is InChI=1S/C3H6N2O2S/c4-2(6)1-8-3(5)7/h1H2,(H2,4,6)(H2,5,7). The van der Waals surface area contributed by atoms with Crippen LogP contribution < -0.4 is 11.5 Å². The van der Waals surface area contributed by atoms with Crippen LogP contribution >= 0.6 is 11.8 Å². The van der Waals surface area contributed by atoms with Crippen LogP contribution in [0.4, 0.5) is 4.79 Å². The fourth-order valence-corrected chi connectivity index (χ4v) is 0.427. The summed E-state index contributed by atoms with van der Waals surface area (Å²) in [7, 11) is 0. The van der Waals surface area contributed by atoms with E-state index in [1.165, 1.54) is 0 Å². The van der Waals surface area contributed by atoms with Crippen LogP contribution in [0.1, 0.15) is 0 Å². The lowest BCUT2D eigenvalue weighted by Gasteiger charge is -1.87. The summed E-state index contributed by atoms with van der Waals surface area (Å²) in [5, 5.41) is -0.580. The van der Waals surface area contributed by atoms with Crippen LogP contribution in [-0.4, -0.2) is 16.9 Å². The molecule has 0 fully saturated rings. The minimum absolute atomic E-state index is 0.0324. The van der Waals surface area contributed by atoms with E-state index in [9.17, 15) is 9.59 Å². The van der Waals surface area contributed by atoms with Crippen LogP contribution in [-0.2, 0) is 4.79 Å². The van der Waals surface area contributed by atoms with Crippen molar-refractivity contribution in [3.8, 4) is 0 Å². The van der Waals surface area contributed by atoms with Crippen molar-refractivity contribution in [2.75, 3.05) is 5.75 Å². The maximum Gasteiger partial charge on any atom is 0.276 e. The summed E-state index contributed by atoms with van der Waals surface area (Å²) in [5.74, 6) is -0.566. The third-order valence-corrected chi connectivity index (χ3v) is 1.07. The lowest BCUT2D eigenvalue weighted by Crippen LogP contribution is -2.16. The molecule has 0 aliphatic carbocycles. The highest BCUT2D eigenvalue weighted by Crippen LogP contribution is 1.95. The lowest BCUT2D eigenvalue weighted by atomic mass is 10.8. The van der Waals surface area contributed by atoms with Crippen LogP contribution in [0, 0.1) is 0 Å². The largest absolute Gasteiger partial charge is 0.369 e. The van der Waals surface area contributed by atoms with Gasteiger partial charge in [-0.3, -0.25) is 9.59 Å². The van der Waals surface area contributed by atoms with Gasteiger partial charge in [0, 0.05) is 0 Å². The molecule has 0 unspecified atom stereocenters. The molecule has 4 N–H and O–H groups in total. The van der Waals surface area contributed by atoms with Crippen LogP contribution in [0.2, 0.25) is 0 Å². The smallest absolute Gasteiger partial charge is 0.276 e. The second-order valence-corrected chi connectivity index (χ2v) is 2.05. The molecule has 5 heteroatoms. The number of thioether (sulfide) groups is 1. The number of nitrogens with two attached hydrogens (primary N) is 2. The van der Waals surface area contributed by atoms with Gasteiger partial charge in [-0.2, -0.15) is 0 Å². The Labute approximate surface area is 50.6 Å². The molecular weight excluding hydrogens is 128 g/mol. The Morgan fingerprint density at radius 3 is 2.00 bits per heavy atom. The third kappa shape index (κ3) is 5.29. The Morgan fingerprint density at radius 1 is 1.38 bits per heavy atom. The van der Waals surface area contributed by atoms with E-state index < -0.39 is 11.1 Å². The van der Waals surface area contributed by atoms with E-state index in [0.29, 0.717) is 11.8 Å². The number of hydrogen-bond acceptors (Lipinski definition) is 3. The van der Waals surface area contributed by atoms with Crippen LogP contribution in [0.15, 0.2) is 0 Å². The SMILES string of the molecule is NC(=O)CSC(N)=O. The summed E-state index contributed by atoms with van der Waals surface area (Å²) in [4.78, 5) is 19.8. The van der Waals surface area contributed by atoms with E-state index in [2.05, 4.69) is 11.5 Å². The predicted molar refractivity (Wildman–Crippen MR) is 31.2 cm³/mol. The molecule has 4 nitrogen and oxygen atoms in total. The Hall–Kier alpha value is -0.710. The predicted octanol–water partition coefficient (Wildman–Crippen LogP) is -0.716. The average molecular weight is 134 g/mol. The molecule has 0 aromatic heterocycles. The number of rotatable bonds is 2. The summed E-state index contributed by atoms with van der Waals surface area (Å²) < 4.78 is 0. The summed E-state index contributed by atoms with van der Waals surface area (Å²) in [5.41, 5.74) is 9.33. The van der Waals surface area contributed by atoms with E-state index in [0.717, 1.165) is 0 Å². The van der Waals surface area contributed by atoms with E-state index >= 15 is 0 Å². The number of carbonyl (C=O) groups is 2. The van der Waals surface area contributed by atoms with Gasteiger partial charge in [0.1, 0.15) is 0 Å². The van der Waals surface area contributed by atoms with Crippen LogP contribution in [0.5, 0.6) is 0 Å². The van der Waals surface area contributed by atoms with Crippen molar-refractivity contribution < 1.29 is 9.59 Å². The maximum atomic E-state index is 9.90. The fourth-order valence-electron chi connectivity index (χ4n) is 0.142. The molecule has 0 spiro atoms. The van der Waals surface area contributed by atoms with Gasteiger partial charge in [-0.25, -0.2) is 0 Å². The first-order valence-corrected chi connectivity index (χ1v) is 2.82. The van der Waals surface area contributed by atoms with Gasteiger partial charge in [-0.15, -0.1) is 0 Å². The van der Waals surface area contributed by atoms with Crippen molar-refractivity contribution in [3.63, 3.8) is 0 Å². The number of primary amides is 2. The highest BCUT2D eigenvalue weighted by Gasteiger charge is 1.97. The second-order valence-electron chi connectivity index (χ2n) is 1.07. The molecule has 0 saturated heterocycles. The van der Waals surface area contributed by atoms with Gasteiger partial charge < -0.3 is 11.5 Å². The molecule has 0 bridgehead atoms. The molecule has 0 aromatic rings. The van der Waals surface area contributed by atoms with Gasteiger partial charge in [0.15, 0.2) is 0 Å². The van der Waals surface area contributed by atoms with Gasteiger partial charge in [-0.1, -0.05) is 11.8 Å². The minimum Gasteiger partial charge on any atom is -0.369 e. The van der Waals surface area contributed by atoms with Crippen molar-refractivity contribution in [2.45, 2.75) is 0 Å². The molecule has 0 saturated carbocycles. The molecule has 2 amide bonds. The summed E-state index contributed by atoms with van der Waals surface area (Å²) >= 11 is 0.704. The molecule has 8 heavy (non-hydrogen) atoms. The first kappa shape index (κ1) is 7.29. The van der Waals surface area contributed by atoms with Crippen molar-refractivity contribution >= 4 is 22.9 Å². The summed E-state index contributed by atoms with van der Waals surface area (Å²) in [6.45, 7) is 0. The van der Waals surface area contributed by atoms with Gasteiger partial charge in [0.25, 0.3) is 5.24 Å². The molecule has 0 heterocycles. The van der Waals surface area contributed by atoms with Crippen molar-refractivity contribution in [3.05, 3.63) is 0 Å². The molecule has 0 aliphatic rings. The van der Waals surface area contributed by atoms with Gasteiger partial charge >= 0.3 is 0 Å².